The fraction of sp³-hybridized carbons (Fsp3) is 0.636. The van der Waals surface area contributed by atoms with Gasteiger partial charge in [-0.25, -0.2) is 4.98 Å². The average Bonchev–Trinajstić information content (AvgIpc) is 2.29. The Bertz CT molecular complexity index is 367. The number of aromatic nitrogens is 2. The number of nitrogens with one attached hydrogen (secondary N) is 1. The van der Waals surface area contributed by atoms with Crippen LogP contribution < -0.4 is 11.1 Å². The number of ether oxygens (including phenoxy) is 1. The number of hydrogen-bond acceptors (Lipinski definition) is 5. The summed E-state index contributed by atoms with van der Waals surface area (Å²) >= 11 is 0. The van der Waals surface area contributed by atoms with Crippen LogP contribution in [0.4, 0.5) is 11.8 Å². The first-order chi connectivity index (χ1) is 7.81. The number of nitrogens with two attached hydrogens (primary N) is 1. The normalized spacial score (nSPS) is 14.6. The third kappa shape index (κ3) is 2.41. The molecule has 0 radical (unpaired) electrons. The van der Waals surface area contributed by atoms with E-state index in [0.717, 1.165) is 49.5 Å². The van der Waals surface area contributed by atoms with Crippen molar-refractivity contribution in [2.45, 2.75) is 32.8 Å². The molecule has 1 aliphatic rings. The van der Waals surface area contributed by atoms with Gasteiger partial charge in [0.25, 0.3) is 0 Å². The molecular formula is C11H18N4O. The second-order valence-electron chi connectivity index (χ2n) is 3.94. The standard InChI is InChI=1S/C11H18N4O/c1-2-3-5-13-10-8-7-16-6-4-9(8)14-11(12)15-10/h2-7H2,1H3,(H3,12,13,14,15). The van der Waals surface area contributed by atoms with Gasteiger partial charge in [-0.2, -0.15) is 4.98 Å². The van der Waals surface area contributed by atoms with Crippen molar-refractivity contribution in [3.05, 3.63) is 11.3 Å². The lowest BCUT2D eigenvalue weighted by molar-refractivity contribution is 0.109. The molecule has 5 heteroatoms. The molecule has 5 nitrogen and oxygen atoms in total. The largest absolute Gasteiger partial charge is 0.376 e. The topological polar surface area (TPSA) is 73.1 Å². The molecule has 1 aliphatic heterocycles. The van der Waals surface area contributed by atoms with E-state index in [1.165, 1.54) is 0 Å². The van der Waals surface area contributed by atoms with E-state index in [2.05, 4.69) is 22.2 Å². The first kappa shape index (κ1) is 11.1. The van der Waals surface area contributed by atoms with Crippen molar-refractivity contribution in [1.82, 2.24) is 9.97 Å². The lowest BCUT2D eigenvalue weighted by atomic mass is 10.1. The van der Waals surface area contributed by atoms with Gasteiger partial charge >= 0.3 is 0 Å². The number of rotatable bonds is 4. The van der Waals surface area contributed by atoms with Crippen molar-refractivity contribution >= 4 is 11.8 Å². The highest BCUT2D eigenvalue weighted by atomic mass is 16.5. The van der Waals surface area contributed by atoms with E-state index in [9.17, 15) is 0 Å². The molecule has 0 amide bonds. The molecule has 2 rings (SSSR count). The zero-order valence-electron chi connectivity index (χ0n) is 9.62. The Morgan fingerprint density at radius 2 is 2.31 bits per heavy atom. The van der Waals surface area contributed by atoms with Gasteiger partial charge in [-0.15, -0.1) is 0 Å². The number of hydrogen-bond donors (Lipinski definition) is 2. The summed E-state index contributed by atoms with van der Waals surface area (Å²) in [5, 5.41) is 3.30. The van der Waals surface area contributed by atoms with Gasteiger partial charge in [0.15, 0.2) is 0 Å². The summed E-state index contributed by atoms with van der Waals surface area (Å²) in [6.07, 6.45) is 3.11. The molecule has 0 bridgehead atoms. The van der Waals surface area contributed by atoms with Crippen LogP contribution in [0.1, 0.15) is 31.0 Å². The summed E-state index contributed by atoms with van der Waals surface area (Å²) in [4.78, 5) is 8.48. The maximum absolute atomic E-state index is 5.68. The molecule has 2 heterocycles. The van der Waals surface area contributed by atoms with Crippen LogP contribution in [0, 0.1) is 0 Å². The van der Waals surface area contributed by atoms with Crippen LogP contribution in [0.15, 0.2) is 0 Å². The molecule has 0 atom stereocenters. The van der Waals surface area contributed by atoms with Gasteiger partial charge in [0.05, 0.1) is 18.9 Å². The Balaban J connectivity index is 2.18. The molecular weight excluding hydrogens is 204 g/mol. The maximum Gasteiger partial charge on any atom is 0.222 e. The van der Waals surface area contributed by atoms with Crippen LogP contribution in [0.5, 0.6) is 0 Å². The SMILES string of the molecule is CCCCNc1nc(N)nc2c1COCC2. The summed E-state index contributed by atoms with van der Waals surface area (Å²) < 4.78 is 5.42. The van der Waals surface area contributed by atoms with Crippen LogP contribution in [0.25, 0.3) is 0 Å². The second kappa shape index (κ2) is 5.12. The van der Waals surface area contributed by atoms with Crippen molar-refractivity contribution < 1.29 is 4.74 Å². The first-order valence-corrected chi connectivity index (χ1v) is 5.78. The summed E-state index contributed by atoms with van der Waals surface area (Å²) in [6.45, 7) is 4.38. The molecule has 0 spiro atoms. The van der Waals surface area contributed by atoms with E-state index < -0.39 is 0 Å². The molecule has 1 aromatic rings. The number of unbranched alkanes of at least 4 members (excludes halogenated alkanes) is 1. The Morgan fingerprint density at radius 1 is 1.44 bits per heavy atom. The van der Waals surface area contributed by atoms with Crippen molar-refractivity contribution in [2.75, 3.05) is 24.2 Å². The van der Waals surface area contributed by atoms with Gasteiger partial charge in [-0.3, -0.25) is 0 Å². The number of fused-ring (bicyclic) bond motifs is 1. The van der Waals surface area contributed by atoms with E-state index in [-0.39, 0.29) is 0 Å². The quantitative estimate of drug-likeness (QED) is 0.752. The van der Waals surface area contributed by atoms with Gasteiger partial charge in [-0.05, 0) is 6.42 Å². The van der Waals surface area contributed by atoms with Gasteiger partial charge in [-0.1, -0.05) is 13.3 Å². The highest BCUT2D eigenvalue weighted by Gasteiger charge is 2.17. The van der Waals surface area contributed by atoms with Crippen LogP contribution in [0.2, 0.25) is 0 Å². The summed E-state index contributed by atoms with van der Waals surface area (Å²) in [5.41, 5.74) is 7.78. The molecule has 3 N–H and O–H groups in total. The monoisotopic (exact) mass is 222 g/mol. The zero-order chi connectivity index (χ0) is 11.4. The van der Waals surface area contributed by atoms with Crippen molar-refractivity contribution in [2.24, 2.45) is 0 Å². The predicted octanol–water partition coefficient (Wildman–Crippen LogP) is 1.34. The third-order valence-corrected chi connectivity index (χ3v) is 2.66. The van der Waals surface area contributed by atoms with Crippen LogP contribution in [-0.2, 0) is 17.8 Å². The molecule has 1 aromatic heterocycles. The summed E-state index contributed by atoms with van der Waals surface area (Å²) in [5.74, 6) is 1.19. The highest BCUT2D eigenvalue weighted by Crippen LogP contribution is 2.22. The minimum atomic E-state index is 0.347. The van der Waals surface area contributed by atoms with Crippen molar-refractivity contribution in [3.8, 4) is 0 Å². The van der Waals surface area contributed by atoms with Crippen LogP contribution in [0.3, 0.4) is 0 Å². The molecule has 16 heavy (non-hydrogen) atoms. The van der Waals surface area contributed by atoms with Crippen molar-refractivity contribution in [3.63, 3.8) is 0 Å². The minimum absolute atomic E-state index is 0.347. The van der Waals surface area contributed by atoms with E-state index >= 15 is 0 Å². The second-order valence-corrected chi connectivity index (χ2v) is 3.94. The third-order valence-electron chi connectivity index (χ3n) is 2.66. The first-order valence-electron chi connectivity index (χ1n) is 5.78. The fourth-order valence-corrected chi connectivity index (χ4v) is 1.78. The highest BCUT2D eigenvalue weighted by molar-refractivity contribution is 5.50. The summed E-state index contributed by atoms with van der Waals surface area (Å²) in [7, 11) is 0. The zero-order valence-corrected chi connectivity index (χ0v) is 9.62. The molecule has 0 saturated heterocycles. The molecule has 0 aromatic carbocycles. The smallest absolute Gasteiger partial charge is 0.222 e. The van der Waals surface area contributed by atoms with Crippen LogP contribution in [-0.4, -0.2) is 23.1 Å². The van der Waals surface area contributed by atoms with Gasteiger partial charge in [0.1, 0.15) is 5.82 Å². The number of nitrogens with zero attached hydrogens (tertiary/aromatic N) is 2. The van der Waals surface area contributed by atoms with E-state index in [1.54, 1.807) is 0 Å². The molecule has 88 valence electrons. The van der Waals surface area contributed by atoms with Crippen molar-refractivity contribution in [1.29, 1.82) is 0 Å². The Hall–Kier alpha value is -1.36. The lowest BCUT2D eigenvalue weighted by Gasteiger charge is -2.19. The van der Waals surface area contributed by atoms with E-state index in [4.69, 9.17) is 10.5 Å². The summed E-state index contributed by atoms with van der Waals surface area (Å²) in [6, 6.07) is 0. The predicted molar refractivity (Wildman–Crippen MR) is 63.2 cm³/mol. The molecule has 0 aliphatic carbocycles. The fourth-order valence-electron chi connectivity index (χ4n) is 1.78. The molecule has 0 saturated carbocycles. The minimum Gasteiger partial charge on any atom is -0.376 e. The molecule has 0 fully saturated rings. The van der Waals surface area contributed by atoms with Gasteiger partial charge < -0.3 is 15.8 Å². The van der Waals surface area contributed by atoms with E-state index in [0.29, 0.717) is 12.6 Å². The molecule has 0 unspecified atom stereocenters. The number of nitrogen functional groups attached to an aromatic ring is 1. The van der Waals surface area contributed by atoms with Gasteiger partial charge in [0, 0.05) is 18.5 Å². The van der Waals surface area contributed by atoms with E-state index in [1.807, 2.05) is 0 Å². The Morgan fingerprint density at radius 3 is 3.12 bits per heavy atom. The Labute approximate surface area is 95.4 Å². The average molecular weight is 222 g/mol. The Kier molecular flexibility index (Phi) is 3.56. The lowest BCUT2D eigenvalue weighted by Crippen LogP contribution is -2.18. The maximum atomic E-state index is 5.68. The number of anilines is 2. The van der Waals surface area contributed by atoms with Gasteiger partial charge in [0.2, 0.25) is 5.95 Å². The van der Waals surface area contributed by atoms with Crippen LogP contribution >= 0.6 is 0 Å².